The number of nitrogens with zero attached hydrogens (tertiary/aromatic N) is 1. The smallest absolute Gasteiger partial charge is 0.329 e. The van der Waals surface area contributed by atoms with Gasteiger partial charge in [0.2, 0.25) is 5.91 Å². The second-order valence-corrected chi connectivity index (χ2v) is 5.10. The van der Waals surface area contributed by atoms with E-state index in [-0.39, 0.29) is 11.9 Å². The number of hydrogen-bond acceptors (Lipinski definition) is 4. The normalized spacial score (nSPS) is 18.5. The third kappa shape index (κ3) is 3.17. The van der Waals surface area contributed by atoms with E-state index in [2.05, 4.69) is 0 Å². The number of rotatable bonds is 4. The number of aryl methyl sites for hydroxylation is 1. The van der Waals surface area contributed by atoms with Crippen molar-refractivity contribution in [3.05, 3.63) is 23.8 Å². The summed E-state index contributed by atoms with van der Waals surface area (Å²) in [4.78, 5) is 26.0. The molecule has 5 nitrogen and oxygen atoms in total. The van der Waals surface area contributed by atoms with Gasteiger partial charge >= 0.3 is 5.97 Å². The van der Waals surface area contributed by atoms with Crippen molar-refractivity contribution in [2.45, 2.75) is 39.2 Å². The molecule has 114 valence electrons. The van der Waals surface area contributed by atoms with Gasteiger partial charge in [-0.2, -0.15) is 0 Å². The molecule has 0 radical (unpaired) electrons. The van der Waals surface area contributed by atoms with Crippen LogP contribution in [0.2, 0.25) is 0 Å². The molecule has 1 unspecified atom stereocenters. The van der Waals surface area contributed by atoms with Crippen molar-refractivity contribution in [2.24, 2.45) is 0 Å². The first-order valence-electron chi connectivity index (χ1n) is 7.21. The summed E-state index contributed by atoms with van der Waals surface area (Å²) in [6, 6.07) is 5.03. The Hall–Kier alpha value is -2.04. The van der Waals surface area contributed by atoms with E-state index in [1.165, 1.54) is 4.90 Å². The molecule has 0 aromatic heterocycles. The summed E-state index contributed by atoms with van der Waals surface area (Å²) in [5, 5.41) is 0. The molecule has 1 amide bonds. The largest absolute Gasteiger partial charge is 0.495 e. The van der Waals surface area contributed by atoms with Crippen LogP contribution in [0.1, 0.15) is 31.7 Å². The summed E-state index contributed by atoms with van der Waals surface area (Å²) in [5.74, 6) is 0.169. The molecular formula is C16H21NO4. The van der Waals surface area contributed by atoms with Crippen molar-refractivity contribution < 1.29 is 19.1 Å². The highest BCUT2D eigenvalue weighted by Gasteiger charge is 2.36. The summed E-state index contributed by atoms with van der Waals surface area (Å²) >= 11 is 0. The van der Waals surface area contributed by atoms with Gasteiger partial charge in [-0.05, 0) is 44.4 Å². The fourth-order valence-corrected chi connectivity index (χ4v) is 2.62. The lowest BCUT2D eigenvalue weighted by Gasteiger charge is -2.34. The van der Waals surface area contributed by atoms with E-state index in [0.29, 0.717) is 37.3 Å². The van der Waals surface area contributed by atoms with Crippen molar-refractivity contribution in [3.63, 3.8) is 0 Å². The third-order valence-corrected chi connectivity index (χ3v) is 3.60. The highest BCUT2D eigenvalue weighted by molar-refractivity contribution is 6.01. The number of methoxy groups -OCH3 is 1. The highest BCUT2D eigenvalue weighted by Crippen LogP contribution is 2.34. The molecule has 0 aliphatic carbocycles. The first-order valence-corrected chi connectivity index (χ1v) is 7.21. The number of ether oxygens (including phenoxy) is 2. The van der Waals surface area contributed by atoms with Crippen LogP contribution in [0.5, 0.6) is 5.75 Å². The standard InChI is InChI=1S/C16H21NO4/c1-4-21-16(19)12-6-5-7-15(18)17(12)13-10-11(2)8-9-14(13)20-3/h8-10,12H,4-7H2,1-3H3. The average Bonchev–Trinajstić information content (AvgIpc) is 2.47. The van der Waals surface area contributed by atoms with Crippen LogP contribution in [0.3, 0.4) is 0 Å². The molecule has 21 heavy (non-hydrogen) atoms. The summed E-state index contributed by atoms with van der Waals surface area (Å²) in [5.41, 5.74) is 1.65. The van der Waals surface area contributed by atoms with Gasteiger partial charge in [0.1, 0.15) is 11.8 Å². The van der Waals surface area contributed by atoms with Crippen molar-refractivity contribution in [1.82, 2.24) is 0 Å². The Morgan fingerprint density at radius 2 is 2.19 bits per heavy atom. The van der Waals surface area contributed by atoms with Gasteiger partial charge in [0.15, 0.2) is 0 Å². The third-order valence-electron chi connectivity index (χ3n) is 3.60. The SMILES string of the molecule is CCOC(=O)C1CCCC(=O)N1c1cc(C)ccc1OC. The Morgan fingerprint density at radius 3 is 2.86 bits per heavy atom. The summed E-state index contributed by atoms with van der Waals surface area (Å²) in [6.45, 7) is 4.01. The zero-order valence-corrected chi connectivity index (χ0v) is 12.7. The molecule has 1 saturated heterocycles. The van der Waals surface area contributed by atoms with Crippen LogP contribution in [0.25, 0.3) is 0 Å². The molecule has 0 bridgehead atoms. The van der Waals surface area contributed by atoms with Gasteiger partial charge in [0.05, 0.1) is 19.4 Å². The van der Waals surface area contributed by atoms with Gasteiger partial charge in [-0.25, -0.2) is 4.79 Å². The molecule has 0 spiro atoms. The fourth-order valence-electron chi connectivity index (χ4n) is 2.62. The van der Waals surface area contributed by atoms with Crippen molar-refractivity contribution in [3.8, 4) is 5.75 Å². The predicted molar refractivity (Wildman–Crippen MR) is 79.5 cm³/mol. The molecule has 0 saturated carbocycles. The van der Waals surface area contributed by atoms with Crippen LogP contribution < -0.4 is 9.64 Å². The van der Waals surface area contributed by atoms with E-state index in [1.807, 2.05) is 25.1 Å². The van der Waals surface area contributed by atoms with Crippen LogP contribution in [0.15, 0.2) is 18.2 Å². The van der Waals surface area contributed by atoms with E-state index in [0.717, 1.165) is 5.56 Å². The van der Waals surface area contributed by atoms with E-state index in [4.69, 9.17) is 9.47 Å². The molecule has 1 fully saturated rings. The molecule has 5 heteroatoms. The lowest BCUT2D eigenvalue weighted by molar-refractivity contribution is -0.146. The van der Waals surface area contributed by atoms with Crippen molar-refractivity contribution >= 4 is 17.6 Å². The second kappa shape index (κ2) is 6.61. The minimum atomic E-state index is -0.568. The predicted octanol–water partition coefficient (Wildman–Crippen LogP) is 2.45. The maximum Gasteiger partial charge on any atom is 0.329 e. The first-order chi connectivity index (χ1) is 10.1. The van der Waals surface area contributed by atoms with Gasteiger partial charge in [-0.3, -0.25) is 9.69 Å². The fraction of sp³-hybridized carbons (Fsp3) is 0.500. The number of carbonyl (C=O) groups excluding carboxylic acids is 2. The maximum atomic E-state index is 12.4. The van der Waals surface area contributed by atoms with Gasteiger partial charge in [-0.15, -0.1) is 0 Å². The van der Waals surface area contributed by atoms with Crippen LogP contribution in [0.4, 0.5) is 5.69 Å². The zero-order chi connectivity index (χ0) is 15.4. The summed E-state index contributed by atoms with van der Waals surface area (Å²) < 4.78 is 10.5. The molecule has 1 heterocycles. The van der Waals surface area contributed by atoms with Gasteiger partial charge in [0.25, 0.3) is 0 Å². The van der Waals surface area contributed by atoms with Crippen LogP contribution in [-0.2, 0) is 14.3 Å². The molecule has 1 aromatic rings. The van der Waals surface area contributed by atoms with E-state index in [1.54, 1.807) is 14.0 Å². The zero-order valence-electron chi connectivity index (χ0n) is 12.7. The number of anilines is 1. The Labute approximate surface area is 124 Å². The number of benzene rings is 1. The van der Waals surface area contributed by atoms with Crippen LogP contribution in [0, 0.1) is 6.92 Å². The van der Waals surface area contributed by atoms with Crippen molar-refractivity contribution in [2.75, 3.05) is 18.6 Å². The van der Waals surface area contributed by atoms with E-state index < -0.39 is 6.04 Å². The number of amides is 1. The maximum absolute atomic E-state index is 12.4. The Morgan fingerprint density at radius 1 is 1.43 bits per heavy atom. The Bertz CT molecular complexity index is 541. The minimum Gasteiger partial charge on any atom is -0.495 e. The van der Waals surface area contributed by atoms with E-state index >= 15 is 0 Å². The first kappa shape index (κ1) is 15.4. The minimum absolute atomic E-state index is 0.0665. The lowest BCUT2D eigenvalue weighted by Crippen LogP contribution is -2.49. The monoisotopic (exact) mass is 291 g/mol. The van der Waals surface area contributed by atoms with Crippen molar-refractivity contribution in [1.29, 1.82) is 0 Å². The number of piperidine rings is 1. The highest BCUT2D eigenvalue weighted by atomic mass is 16.5. The topological polar surface area (TPSA) is 55.8 Å². The van der Waals surface area contributed by atoms with Crippen LogP contribution >= 0.6 is 0 Å². The summed E-state index contributed by atoms with van der Waals surface area (Å²) in [7, 11) is 1.56. The quantitative estimate of drug-likeness (QED) is 0.800. The van der Waals surface area contributed by atoms with Gasteiger partial charge in [-0.1, -0.05) is 6.07 Å². The molecule has 1 atom stereocenters. The summed E-state index contributed by atoms with van der Waals surface area (Å²) in [6.07, 6.45) is 1.75. The molecule has 1 aliphatic rings. The number of hydrogen-bond donors (Lipinski definition) is 0. The Balaban J connectivity index is 2.42. The lowest BCUT2D eigenvalue weighted by atomic mass is 9.99. The molecule has 2 rings (SSSR count). The van der Waals surface area contributed by atoms with E-state index in [9.17, 15) is 9.59 Å². The molecule has 1 aromatic carbocycles. The number of esters is 1. The number of carbonyl (C=O) groups is 2. The van der Waals surface area contributed by atoms with Gasteiger partial charge < -0.3 is 9.47 Å². The second-order valence-electron chi connectivity index (χ2n) is 5.10. The Kier molecular flexibility index (Phi) is 4.83. The van der Waals surface area contributed by atoms with Crippen LogP contribution in [-0.4, -0.2) is 31.6 Å². The molecule has 1 aliphatic heterocycles. The van der Waals surface area contributed by atoms with Gasteiger partial charge in [0, 0.05) is 6.42 Å². The molecule has 0 N–H and O–H groups in total. The molecular weight excluding hydrogens is 270 g/mol. The average molecular weight is 291 g/mol.